The smallest absolute Gasteiger partial charge is 0.337 e. The summed E-state index contributed by atoms with van der Waals surface area (Å²) in [5.74, 6) is -0.576. The molecule has 1 aromatic carbocycles. The Labute approximate surface area is 136 Å². The monoisotopic (exact) mass is 400 g/mol. The molecule has 4 N–H and O–H groups in total. The van der Waals surface area contributed by atoms with Gasteiger partial charge in [-0.05, 0) is 71.9 Å². The highest BCUT2D eigenvalue weighted by atomic mass is 127. The number of amides is 1. The molecule has 21 heavy (non-hydrogen) atoms. The van der Waals surface area contributed by atoms with Crippen LogP contribution < -0.4 is 11.1 Å². The fourth-order valence-corrected chi connectivity index (χ4v) is 4.23. The van der Waals surface area contributed by atoms with E-state index in [1.54, 1.807) is 18.2 Å². The van der Waals surface area contributed by atoms with E-state index in [0.717, 1.165) is 22.8 Å². The van der Waals surface area contributed by atoms with Crippen molar-refractivity contribution in [3.05, 3.63) is 27.3 Å². The standard InChI is InChI=1S/C15H17IN2O3/c16-9-3-4-11(10(6-9)15(20)21)18-14(19)12-7-1-2-8(5-7)13(12)17/h3-4,6-8,12-13H,1-2,5,17H2,(H,18,19)(H,20,21). The van der Waals surface area contributed by atoms with Crippen LogP contribution in [-0.4, -0.2) is 23.0 Å². The second-order valence-electron chi connectivity index (χ2n) is 5.92. The molecule has 3 rings (SSSR count). The summed E-state index contributed by atoms with van der Waals surface area (Å²) in [6, 6.07) is 4.88. The molecule has 2 aliphatic rings. The van der Waals surface area contributed by atoms with Gasteiger partial charge in [-0.3, -0.25) is 4.79 Å². The second-order valence-corrected chi connectivity index (χ2v) is 7.17. The minimum Gasteiger partial charge on any atom is -0.478 e. The van der Waals surface area contributed by atoms with Crippen molar-refractivity contribution in [2.75, 3.05) is 5.32 Å². The molecule has 2 fully saturated rings. The first-order chi connectivity index (χ1) is 9.97. The van der Waals surface area contributed by atoms with Crippen LogP contribution in [0, 0.1) is 21.3 Å². The Morgan fingerprint density at radius 2 is 2.00 bits per heavy atom. The van der Waals surface area contributed by atoms with Crippen LogP contribution in [0.3, 0.4) is 0 Å². The van der Waals surface area contributed by atoms with Gasteiger partial charge < -0.3 is 16.2 Å². The van der Waals surface area contributed by atoms with Crippen molar-refractivity contribution in [1.82, 2.24) is 0 Å². The van der Waals surface area contributed by atoms with Crippen LogP contribution >= 0.6 is 22.6 Å². The summed E-state index contributed by atoms with van der Waals surface area (Å²) in [5.41, 5.74) is 6.63. The fraction of sp³-hybridized carbons (Fsp3) is 0.467. The average molecular weight is 400 g/mol. The third-order valence-electron chi connectivity index (χ3n) is 4.75. The van der Waals surface area contributed by atoms with Gasteiger partial charge in [0, 0.05) is 9.61 Å². The van der Waals surface area contributed by atoms with Crippen molar-refractivity contribution in [3.63, 3.8) is 0 Å². The highest BCUT2D eigenvalue weighted by Crippen LogP contribution is 2.48. The summed E-state index contributed by atoms with van der Waals surface area (Å²) in [5, 5.41) is 12.0. The predicted molar refractivity (Wildman–Crippen MR) is 87.0 cm³/mol. The number of carboxylic acids is 1. The summed E-state index contributed by atoms with van der Waals surface area (Å²) in [7, 11) is 0. The van der Waals surface area contributed by atoms with Gasteiger partial charge in [0.15, 0.2) is 0 Å². The van der Waals surface area contributed by atoms with E-state index in [-0.39, 0.29) is 23.4 Å². The van der Waals surface area contributed by atoms with Crippen molar-refractivity contribution in [3.8, 4) is 0 Å². The molecular formula is C15H17IN2O3. The maximum Gasteiger partial charge on any atom is 0.337 e. The van der Waals surface area contributed by atoms with Gasteiger partial charge in [0.25, 0.3) is 0 Å². The minimum absolute atomic E-state index is 0.0964. The van der Waals surface area contributed by atoms with Gasteiger partial charge in [-0.2, -0.15) is 0 Å². The largest absolute Gasteiger partial charge is 0.478 e. The van der Waals surface area contributed by atoms with E-state index in [9.17, 15) is 14.7 Å². The molecule has 4 atom stereocenters. The van der Waals surface area contributed by atoms with Crippen molar-refractivity contribution >= 4 is 40.2 Å². The first-order valence-electron chi connectivity index (χ1n) is 7.06. The lowest BCUT2D eigenvalue weighted by Gasteiger charge is -2.27. The number of anilines is 1. The predicted octanol–water partition coefficient (Wildman–Crippen LogP) is 2.30. The molecular weight excluding hydrogens is 383 g/mol. The van der Waals surface area contributed by atoms with Gasteiger partial charge in [0.05, 0.1) is 17.2 Å². The Hall–Kier alpha value is -1.15. The normalized spacial score (nSPS) is 30.4. The van der Waals surface area contributed by atoms with Crippen molar-refractivity contribution in [2.24, 2.45) is 23.5 Å². The van der Waals surface area contributed by atoms with Gasteiger partial charge in [0.2, 0.25) is 5.91 Å². The van der Waals surface area contributed by atoms with Crippen molar-refractivity contribution in [1.29, 1.82) is 0 Å². The molecule has 0 aliphatic heterocycles. The van der Waals surface area contributed by atoms with E-state index in [1.165, 1.54) is 0 Å². The van der Waals surface area contributed by atoms with E-state index in [2.05, 4.69) is 5.32 Å². The molecule has 5 nitrogen and oxygen atoms in total. The van der Waals surface area contributed by atoms with Crippen LogP contribution in [0.25, 0.3) is 0 Å². The Kier molecular flexibility index (Phi) is 3.92. The number of carboxylic acid groups (broad SMARTS) is 1. The molecule has 1 aromatic rings. The number of aromatic carboxylic acids is 1. The topological polar surface area (TPSA) is 92.4 Å². The number of hydrogen-bond donors (Lipinski definition) is 3. The van der Waals surface area contributed by atoms with E-state index in [0.29, 0.717) is 17.5 Å². The van der Waals surface area contributed by atoms with Crippen LogP contribution in [0.1, 0.15) is 29.6 Å². The SMILES string of the molecule is NC1C2CCC(C2)C1C(=O)Nc1ccc(I)cc1C(=O)O. The summed E-state index contributed by atoms with van der Waals surface area (Å²) >= 11 is 2.05. The van der Waals surface area contributed by atoms with Crippen LogP contribution in [-0.2, 0) is 4.79 Å². The Bertz CT molecular complexity index is 603. The maximum atomic E-state index is 12.5. The Balaban J connectivity index is 1.81. The zero-order chi connectivity index (χ0) is 15.1. The second kappa shape index (κ2) is 5.57. The van der Waals surface area contributed by atoms with Crippen molar-refractivity contribution < 1.29 is 14.7 Å². The molecule has 6 heteroatoms. The highest BCUT2D eigenvalue weighted by Gasteiger charge is 2.49. The van der Waals surface area contributed by atoms with Crippen LogP contribution in [0.15, 0.2) is 18.2 Å². The molecule has 0 aromatic heterocycles. The van der Waals surface area contributed by atoms with Crippen LogP contribution in [0.2, 0.25) is 0 Å². The van der Waals surface area contributed by atoms with E-state index < -0.39 is 5.97 Å². The molecule has 2 bridgehead atoms. The summed E-state index contributed by atoms with van der Waals surface area (Å²) < 4.78 is 0.819. The molecule has 0 radical (unpaired) electrons. The quantitative estimate of drug-likeness (QED) is 0.679. The fourth-order valence-electron chi connectivity index (χ4n) is 3.74. The van der Waals surface area contributed by atoms with Gasteiger partial charge in [-0.15, -0.1) is 0 Å². The average Bonchev–Trinajstić information content (AvgIpc) is 3.01. The number of fused-ring (bicyclic) bond motifs is 2. The number of rotatable bonds is 3. The van der Waals surface area contributed by atoms with Gasteiger partial charge in [0.1, 0.15) is 0 Å². The number of halogens is 1. The number of carbonyl (C=O) groups is 2. The van der Waals surface area contributed by atoms with Crippen LogP contribution in [0.5, 0.6) is 0 Å². The molecule has 2 aliphatic carbocycles. The summed E-state index contributed by atoms with van der Waals surface area (Å²) in [4.78, 5) is 23.8. The number of hydrogen-bond acceptors (Lipinski definition) is 3. The first kappa shape index (κ1) is 14.8. The maximum absolute atomic E-state index is 12.5. The van der Waals surface area contributed by atoms with Gasteiger partial charge >= 0.3 is 5.97 Å². The minimum atomic E-state index is -1.04. The molecule has 1 amide bonds. The lowest BCUT2D eigenvalue weighted by atomic mass is 9.84. The lowest BCUT2D eigenvalue weighted by molar-refractivity contribution is -0.121. The summed E-state index contributed by atoms with van der Waals surface area (Å²) in [6.45, 7) is 0. The molecule has 0 saturated heterocycles. The number of carbonyl (C=O) groups excluding carboxylic acids is 1. The third kappa shape index (κ3) is 2.66. The van der Waals surface area contributed by atoms with E-state index in [1.807, 2.05) is 22.6 Å². The molecule has 0 heterocycles. The zero-order valence-electron chi connectivity index (χ0n) is 11.4. The summed E-state index contributed by atoms with van der Waals surface area (Å²) in [6.07, 6.45) is 3.19. The molecule has 112 valence electrons. The number of nitrogens with one attached hydrogen (secondary N) is 1. The van der Waals surface area contributed by atoms with Crippen molar-refractivity contribution in [2.45, 2.75) is 25.3 Å². The van der Waals surface area contributed by atoms with Crippen LogP contribution in [0.4, 0.5) is 5.69 Å². The first-order valence-corrected chi connectivity index (χ1v) is 8.14. The molecule has 2 saturated carbocycles. The van der Waals surface area contributed by atoms with E-state index in [4.69, 9.17) is 5.73 Å². The molecule has 4 unspecified atom stereocenters. The van der Waals surface area contributed by atoms with E-state index >= 15 is 0 Å². The highest BCUT2D eigenvalue weighted by molar-refractivity contribution is 14.1. The number of nitrogens with two attached hydrogens (primary N) is 1. The molecule has 0 spiro atoms. The zero-order valence-corrected chi connectivity index (χ0v) is 13.5. The van der Waals surface area contributed by atoms with Gasteiger partial charge in [-0.25, -0.2) is 4.79 Å². The van der Waals surface area contributed by atoms with Gasteiger partial charge in [-0.1, -0.05) is 0 Å². The lowest BCUT2D eigenvalue weighted by Crippen LogP contribution is -2.42. The Morgan fingerprint density at radius 3 is 2.62 bits per heavy atom. The Morgan fingerprint density at radius 1 is 1.29 bits per heavy atom. The third-order valence-corrected chi connectivity index (χ3v) is 5.42. The number of benzene rings is 1.